The third-order valence-corrected chi connectivity index (χ3v) is 5.39. The van der Waals surface area contributed by atoms with E-state index in [0.29, 0.717) is 18.1 Å². The van der Waals surface area contributed by atoms with Gasteiger partial charge in [-0.1, -0.05) is 54.6 Å². The molecule has 4 rings (SSSR count). The third-order valence-electron chi connectivity index (χ3n) is 4.94. The smallest absolute Gasteiger partial charge is 0.329 e. The van der Waals surface area contributed by atoms with Crippen LogP contribution in [0.15, 0.2) is 85.0 Å². The minimum absolute atomic E-state index is 0.0926. The lowest BCUT2D eigenvalue weighted by atomic mass is 9.97. The fraction of sp³-hybridized carbons (Fsp3) is 0.200. The van der Waals surface area contributed by atoms with Crippen LogP contribution in [-0.2, 0) is 16.1 Å². The SMILES string of the molecule is O=C(O)COC1C=CC=CC1(Cl)COc1cccc(OCc2ccc3ccccc3n2)c1. The van der Waals surface area contributed by atoms with E-state index in [0.717, 1.165) is 16.6 Å². The molecule has 1 N–H and O–H groups in total. The number of para-hydroxylation sites is 1. The van der Waals surface area contributed by atoms with Crippen molar-refractivity contribution in [3.63, 3.8) is 0 Å². The number of carbonyl (C=O) groups is 1. The fourth-order valence-corrected chi connectivity index (χ4v) is 3.58. The Labute approximate surface area is 190 Å². The van der Waals surface area contributed by atoms with Crippen molar-refractivity contribution >= 4 is 28.5 Å². The fourth-order valence-electron chi connectivity index (χ4n) is 3.31. The van der Waals surface area contributed by atoms with Crippen LogP contribution in [0.5, 0.6) is 11.5 Å². The molecule has 1 aliphatic rings. The molecule has 0 amide bonds. The van der Waals surface area contributed by atoms with E-state index in [2.05, 4.69) is 4.98 Å². The lowest BCUT2D eigenvalue weighted by Gasteiger charge is -2.32. The zero-order valence-corrected chi connectivity index (χ0v) is 17.9. The van der Waals surface area contributed by atoms with Crippen LogP contribution < -0.4 is 9.47 Å². The number of carboxylic acid groups (broad SMARTS) is 1. The number of ether oxygens (including phenoxy) is 3. The van der Waals surface area contributed by atoms with Crippen molar-refractivity contribution in [3.8, 4) is 11.5 Å². The molecule has 6 nitrogen and oxygen atoms in total. The van der Waals surface area contributed by atoms with Crippen LogP contribution >= 0.6 is 11.6 Å². The van der Waals surface area contributed by atoms with Crippen LogP contribution in [-0.4, -0.2) is 40.3 Å². The lowest BCUT2D eigenvalue weighted by molar-refractivity contribution is -0.144. The number of pyridine rings is 1. The van der Waals surface area contributed by atoms with Crippen molar-refractivity contribution in [2.75, 3.05) is 13.2 Å². The van der Waals surface area contributed by atoms with Gasteiger partial charge in [-0.3, -0.25) is 0 Å². The largest absolute Gasteiger partial charge is 0.491 e. The second kappa shape index (κ2) is 9.85. The predicted molar refractivity (Wildman–Crippen MR) is 122 cm³/mol. The molecule has 0 radical (unpaired) electrons. The van der Waals surface area contributed by atoms with Crippen molar-refractivity contribution < 1.29 is 24.1 Å². The van der Waals surface area contributed by atoms with Gasteiger partial charge >= 0.3 is 5.97 Å². The zero-order valence-electron chi connectivity index (χ0n) is 17.2. The van der Waals surface area contributed by atoms with Crippen LogP contribution in [0.3, 0.4) is 0 Å². The molecule has 0 bridgehead atoms. The van der Waals surface area contributed by atoms with Crippen molar-refractivity contribution in [1.82, 2.24) is 4.98 Å². The van der Waals surface area contributed by atoms with Gasteiger partial charge in [0.05, 0.1) is 11.2 Å². The summed E-state index contributed by atoms with van der Waals surface area (Å²) in [7, 11) is 0. The van der Waals surface area contributed by atoms with Gasteiger partial charge in [0.2, 0.25) is 0 Å². The summed E-state index contributed by atoms with van der Waals surface area (Å²) in [6.45, 7) is -0.0226. The van der Waals surface area contributed by atoms with Gasteiger partial charge in [0.1, 0.15) is 42.3 Å². The average molecular weight is 452 g/mol. The van der Waals surface area contributed by atoms with Crippen molar-refractivity contribution in [2.45, 2.75) is 17.6 Å². The first-order chi connectivity index (χ1) is 15.5. The second-order valence-corrected chi connectivity index (χ2v) is 8.05. The Bertz CT molecular complexity index is 1160. The first kappa shape index (κ1) is 21.9. The van der Waals surface area contributed by atoms with Gasteiger partial charge in [-0.15, -0.1) is 11.6 Å². The molecule has 0 fully saturated rings. The van der Waals surface area contributed by atoms with E-state index >= 15 is 0 Å². The standard InChI is InChI=1S/C25H22ClNO5/c26-25(13-4-3-10-23(25)31-16-24(28)29)17-32-21-8-5-7-20(14-21)30-15-19-12-11-18-6-1-2-9-22(18)27-19/h1-14,23H,15-17H2,(H,28,29). The summed E-state index contributed by atoms with van der Waals surface area (Å²) in [5, 5.41) is 9.96. The predicted octanol–water partition coefficient (Wildman–Crippen LogP) is 4.77. The van der Waals surface area contributed by atoms with Crippen molar-refractivity contribution in [2.24, 2.45) is 0 Å². The number of hydrogen-bond donors (Lipinski definition) is 1. The molecule has 1 aliphatic carbocycles. The summed E-state index contributed by atoms with van der Waals surface area (Å²) in [5.74, 6) is 0.159. The minimum Gasteiger partial charge on any atom is -0.491 e. The highest BCUT2D eigenvalue weighted by Crippen LogP contribution is 2.30. The number of aromatic nitrogens is 1. The topological polar surface area (TPSA) is 77.9 Å². The summed E-state index contributed by atoms with van der Waals surface area (Å²) in [5.41, 5.74) is 1.75. The molecule has 3 aromatic rings. The summed E-state index contributed by atoms with van der Waals surface area (Å²) in [6, 6.07) is 19.1. The Morgan fingerprint density at radius 2 is 1.84 bits per heavy atom. The van der Waals surface area contributed by atoms with Gasteiger partial charge in [0.25, 0.3) is 0 Å². The number of carboxylic acids is 1. The highest BCUT2D eigenvalue weighted by atomic mass is 35.5. The lowest BCUT2D eigenvalue weighted by Crippen LogP contribution is -2.43. The number of allylic oxidation sites excluding steroid dienone is 2. The first-order valence-electron chi connectivity index (χ1n) is 10.1. The second-order valence-electron chi connectivity index (χ2n) is 7.34. The highest BCUT2D eigenvalue weighted by molar-refractivity contribution is 6.26. The molecule has 2 aromatic carbocycles. The molecule has 164 valence electrons. The third kappa shape index (κ3) is 5.46. The summed E-state index contributed by atoms with van der Waals surface area (Å²) in [6.07, 6.45) is 6.39. The maximum Gasteiger partial charge on any atom is 0.329 e. The average Bonchev–Trinajstić information content (AvgIpc) is 2.81. The minimum atomic E-state index is -1.06. The molecular formula is C25H22ClNO5. The molecule has 0 saturated carbocycles. The number of alkyl halides is 1. The molecule has 1 aromatic heterocycles. The molecule has 7 heteroatoms. The van der Waals surface area contributed by atoms with Crippen LogP contribution in [0.4, 0.5) is 0 Å². The summed E-state index contributed by atoms with van der Waals surface area (Å²) in [4.78, 5) is 14.4. The number of benzene rings is 2. The van der Waals surface area contributed by atoms with Crippen LogP contribution in [0.25, 0.3) is 10.9 Å². The quantitative estimate of drug-likeness (QED) is 0.472. The van der Waals surface area contributed by atoms with Gasteiger partial charge < -0.3 is 19.3 Å². The number of halogens is 1. The van der Waals surface area contributed by atoms with Gasteiger partial charge in [0.15, 0.2) is 0 Å². The molecule has 0 spiro atoms. The Morgan fingerprint density at radius 1 is 1.03 bits per heavy atom. The van der Waals surface area contributed by atoms with Crippen molar-refractivity contribution in [3.05, 3.63) is 90.7 Å². The number of hydrogen-bond acceptors (Lipinski definition) is 5. The molecule has 0 aliphatic heterocycles. The maximum atomic E-state index is 10.8. The van der Waals surface area contributed by atoms with E-state index in [1.54, 1.807) is 36.4 Å². The van der Waals surface area contributed by atoms with Gasteiger partial charge in [-0.05, 0) is 24.3 Å². The van der Waals surface area contributed by atoms with E-state index < -0.39 is 23.6 Å². The van der Waals surface area contributed by atoms with E-state index in [9.17, 15) is 4.79 Å². The molecular weight excluding hydrogens is 430 g/mol. The van der Waals surface area contributed by atoms with Gasteiger partial charge in [-0.2, -0.15) is 0 Å². The summed E-state index contributed by atoms with van der Waals surface area (Å²) >= 11 is 6.68. The Morgan fingerprint density at radius 3 is 2.69 bits per heavy atom. The first-order valence-corrected chi connectivity index (χ1v) is 10.5. The molecule has 0 saturated heterocycles. The van der Waals surface area contributed by atoms with Crippen molar-refractivity contribution in [1.29, 1.82) is 0 Å². The zero-order chi connectivity index (χ0) is 22.4. The van der Waals surface area contributed by atoms with Gasteiger partial charge in [0, 0.05) is 11.5 Å². The number of fused-ring (bicyclic) bond motifs is 1. The summed E-state index contributed by atoms with van der Waals surface area (Å²) < 4.78 is 17.2. The molecule has 2 unspecified atom stereocenters. The van der Waals surface area contributed by atoms with Gasteiger partial charge in [-0.25, -0.2) is 9.78 Å². The maximum absolute atomic E-state index is 10.8. The normalized spacial score (nSPS) is 19.7. The monoisotopic (exact) mass is 451 g/mol. The molecule has 2 atom stereocenters. The Hall–Kier alpha value is -3.35. The van der Waals surface area contributed by atoms with Crippen LogP contribution in [0.2, 0.25) is 0 Å². The highest BCUT2D eigenvalue weighted by Gasteiger charge is 2.36. The number of nitrogens with zero attached hydrogens (tertiary/aromatic N) is 1. The number of rotatable bonds is 9. The molecule has 32 heavy (non-hydrogen) atoms. The van der Waals surface area contributed by atoms with Crippen LogP contribution in [0, 0.1) is 0 Å². The van der Waals surface area contributed by atoms with E-state index in [4.69, 9.17) is 30.9 Å². The Balaban J connectivity index is 1.37. The van der Waals surface area contributed by atoms with Crippen LogP contribution in [0.1, 0.15) is 5.69 Å². The van der Waals surface area contributed by atoms with E-state index in [-0.39, 0.29) is 6.61 Å². The number of aliphatic carboxylic acids is 1. The Kier molecular flexibility index (Phi) is 6.73. The van der Waals surface area contributed by atoms with E-state index in [1.807, 2.05) is 48.5 Å². The van der Waals surface area contributed by atoms with E-state index in [1.165, 1.54) is 0 Å². The molecule has 1 heterocycles.